The quantitative estimate of drug-likeness (QED) is 0.324. The van der Waals surface area contributed by atoms with E-state index in [1.807, 2.05) is 65.5 Å². The van der Waals surface area contributed by atoms with E-state index >= 15 is 0 Å². The number of rotatable bonds is 4. The molecule has 2 aromatic carbocycles. The van der Waals surface area contributed by atoms with E-state index in [-0.39, 0.29) is 12.5 Å². The van der Waals surface area contributed by atoms with Gasteiger partial charge in [-0.1, -0.05) is 36.1 Å². The molecule has 5 aromatic rings. The molecule has 0 aliphatic rings. The number of nitrogens with two attached hydrogens (primary N) is 1. The molecule has 174 valence electrons. The summed E-state index contributed by atoms with van der Waals surface area (Å²) in [5.74, 6) is 6.29. The van der Waals surface area contributed by atoms with E-state index in [1.54, 1.807) is 13.3 Å². The van der Waals surface area contributed by atoms with Crippen molar-refractivity contribution in [3.05, 3.63) is 71.4 Å². The number of anilines is 2. The lowest BCUT2D eigenvalue weighted by Gasteiger charge is -2.13. The smallest absolute Gasteiger partial charge is 0.272 e. The van der Waals surface area contributed by atoms with Crippen molar-refractivity contribution in [2.45, 2.75) is 0 Å². The van der Waals surface area contributed by atoms with Crippen molar-refractivity contribution in [2.75, 3.05) is 24.8 Å². The Balaban J connectivity index is 1.51. The maximum absolute atomic E-state index is 13.1. The summed E-state index contributed by atoms with van der Waals surface area (Å²) in [6.45, 7) is -0.229. The average molecular weight is 483 g/mol. The number of aromatic nitrogens is 2. The van der Waals surface area contributed by atoms with E-state index in [0.717, 1.165) is 32.1 Å². The van der Waals surface area contributed by atoms with Crippen LogP contribution in [0.3, 0.4) is 0 Å². The molecule has 0 bridgehead atoms. The molecular weight excluding hydrogens is 460 g/mol. The van der Waals surface area contributed by atoms with Gasteiger partial charge in [-0.05, 0) is 35.2 Å². The number of ether oxygens (including phenoxy) is 1. The van der Waals surface area contributed by atoms with Crippen LogP contribution >= 0.6 is 11.3 Å². The van der Waals surface area contributed by atoms with E-state index < -0.39 is 0 Å². The van der Waals surface area contributed by atoms with Crippen LogP contribution in [0, 0.1) is 11.8 Å². The van der Waals surface area contributed by atoms with Crippen molar-refractivity contribution in [3.8, 4) is 28.7 Å². The Morgan fingerprint density at radius 2 is 2.09 bits per heavy atom. The molecule has 0 saturated carbocycles. The summed E-state index contributed by atoms with van der Waals surface area (Å²) in [5.41, 5.74) is 10.8. The molecule has 5 rings (SSSR count). The summed E-state index contributed by atoms with van der Waals surface area (Å²) < 4.78 is 8.39. The third kappa shape index (κ3) is 3.97. The number of fused-ring (bicyclic) bond motifs is 2. The van der Waals surface area contributed by atoms with E-state index in [9.17, 15) is 4.79 Å². The number of methoxy groups -OCH3 is 1. The normalized spacial score (nSPS) is 10.8. The Morgan fingerprint density at radius 1 is 1.26 bits per heavy atom. The lowest BCUT2D eigenvalue weighted by Crippen LogP contribution is -2.16. The first-order chi connectivity index (χ1) is 17.0. The first kappa shape index (κ1) is 22.5. The van der Waals surface area contributed by atoms with Crippen molar-refractivity contribution < 1.29 is 14.6 Å². The minimum Gasteiger partial charge on any atom is -0.495 e. The molecule has 3 aromatic heterocycles. The Kier molecular flexibility index (Phi) is 5.87. The number of aryl methyl sites for hydroxylation is 1. The highest BCUT2D eigenvalue weighted by Crippen LogP contribution is 2.40. The summed E-state index contributed by atoms with van der Waals surface area (Å²) in [5, 5.41) is 15.8. The SMILES string of the molecule is COc1cc(-c2csc3c(C#CCO)cnc(N)c23)ccc1NC(=O)c1cc2ccccc2n1C. The third-order valence-corrected chi connectivity index (χ3v) is 6.88. The van der Waals surface area contributed by atoms with Gasteiger partial charge >= 0.3 is 0 Å². The topological polar surface area (TPSA) is 102 Å². The number of thiophene rings is 1. The van der Waals surface area contributed by atoms with E-state index in [1.165, 1.54) is 11.3 Å². The number of nitrogens with zero attached hydrogens (tertiary/aromatic N) is 2. The average Bonchev–Trinajstić information content (AvgIpc) is 3.47. The van der Waals surface area contributed by atoms with Crippen molar-refractivity contribution in [1.29, 1.82) is 0 Å². The number of pyridine rings is 1. The Labute approximate surface area is 205 Å². The minimum absolute atomic E-state index is 0.226. The van der Waals surface area contributed by atoms with Gasteiger partial charge in [-0.3, -0.25) is 4.79 Å². The largest absolute Gasteiger partial charge is 0.495 e. The van der Waals surface area contributed by atoms with Crippen LogP contribution in [0.5, 0.6) is 5.75 Å². The number of nitrogens with one attached hydrogen (secondary N) is 1. The summed E-state index contributed by atoms with van der Waals surface area (Å²) in [4.78, 5) is 17.4. The third-order valence-electron chi connectivity index (χ3n) is 5.87. The lowest BCUT2D eigenvalue weighted by atomic mass is 10.0. The van der Waals surface area contributed by atoms with Gasteiger partial charge in [0.05, 0.1) is 23.1 Å². The number of para-hydroxylation sites is 1. The van der Waals surface area contributed by atoms with Gasteiger partial charge in [-0.2, -0.15) is 0 Å². The maximum Gasteiger partial charge on any atom is 0.272 e. The molecule has 0 radical (unpaired) electrons. The molecule has 1 amide bonds. The van der Waals surface area contributed by atoms with Gasteiger partial charge in [0.15, 0.2) is 0 Å². The molecule has 0 spiro atoms. The fourth-order valence-corrected chi connectivity index (χ4v) is 5.21. The Bertz CT molecular complexity index is 1660. The van der Waals surface area contributed by atoms with Gasteiger partial charge in [0.1, 0.15) is 23.9 Å². The van der Waals surface area contributed by atoms with Crippen LogP contribution in [-0.2, 0) is 7.05 Å². The first-order valence-electron chi connectivity index (χ1n) is 10.8. The predicted molar refractivity (Wildman–Crippen MR) is 141 cm³/mol. The fraction of sp³-hybridized carbons (Fsp3) is 0.111. The van der Waals surface area contributed by atoms with Gasteiger partial charge in [0, 0.05) is 35.1 Å². The predicted octanol–water partition coefficient (Wildman–Crippen LogP) is 4.64. The number of hydrogen-bond acceptors (Lipinski definition) is 6. The molecule has 0 aliphatic carbocycles. The summed E-state index contributed by atoms with van der Waals surface area (Å²) in [7, 11) is 3.44. The zero-order chi connectivity index (χ0) is 24.5. The molecule has 7 nitrogen and oxygen atoms in total. The lowest BCUT2D eigenvalue weighted by molar-refractivity contribution is 0.101. The number of aliphatic hydroxyl groups is 1. The van der Waals surface area contributed by atoms with Gasteiger partial charge in [-0.25, -0.2) is 4.98 Å². The molecule has 3 heterocycles. The first-order valence-corrected chi connectivity index (χ1v) is 11.7. The molecule has 0 unspecified atom stereocenters. The minimum atomic E-state index is -0.229. The number of benzene rings is 2. The second-order valence-electron chi connectivity index (χ2n) is 7.89. The number of carbonyl (C=O) groups excluding carboxylic acids is 1. The zero-order valence-corrected chi connectivity index (χ0v) is 19.9. The van der Waals surface area contributed by atoms with Gasteiger partial charge in [0.25, 0.3) is 5.91 Å². The van der Waals surface area contributed by atoms with Crippen molar-refractivity contribution in [1.82, 2.24) is 9.55 Å². The highest BCUT2D eigenvalue weighted by atomic mass is 32.1. The van der Waals surface area contributed by atoms with Crippen LogP contribution in [0.4, 0.5) is 11.5 Å². The van der Waals surface area contributed by atoms with Crippen LogP contribution in [-0.4, -0.2) is 34.3 Å². The summed E-state index contributed by atoms with van der Waals surface area (Å²) in [6, 6.07) is 15.3. The van der Waals surface area contributed by atoms with E-state index in [0.29, 0.717) is 28.5 Å². The van der Waals surface area contributed by atoms with Crippen molar-refractivity contribution in [2.24, 2.45) is 7.05 Å². The Hall–Kier alpha value is -4.32. The molecule has 0 aliphatic heterocycles. The van der Waals surface area contributed by atoms with Crippen LogP contribution < -0.4 is 15.8 Å². The van der Waals surface area contributed by atoms with Gasteiger partial charge in [-0.15, -0.1) is 11.3 Å². The highest BCUT2D eigenvalue weighted by Gasteiger charge is 2.18. The number of hydrogen-bond donors (Lipinski definition) is 3. The molecule has 0 fully saturated rings. The van der Waals surface area contributed by atoms with E-state index in [4.69, 9.17) is 15.6 Å². The second kappa shape index (κ2) is 9.14. The van der Waals surface area contributed by atoms with E-state index in [2.05, 4.69) is 22.1 Å². The monoisotopic (exact) mass is 482 g/mol. The van der Waals surface area contributed by atoms with Crippen LogP contribution in [0.2, 0.25) is 0 Å². The number of amides is 1. The van der Waals surface area contributed by atoms with Crippen LogP contribution in [0.1, 0.15) is 16.1 Å². The second-order valence-corrected chi connectivity index (χ2v) is 8.77. The van der Waals surface area contributed by atoms with Crippen LogP contribution in [0.15, 0.2) is 60.1 Å². The molecular formula is C27H22N4O3S. The molecule has 35 heavy (non-hydrogen) atoms. The summed E-state index contributed by atoms with van der Waals surface area (Å²) in [6.07, 6.45) is 1.62. The van der Waals surface area contributed by atoms with Crippen molar-refractivity contribution >= 4 is 49.7 Å². The number of nitrogen functional groups attached to an aromatic ring is 1. The number of aliphatic hydroxyl groups excluding tert-OH is 1. The standard InChI is InChI=1S/C27H22N4O3S/c1-31-21-8-4-3-6-17(21)12-22(31)27(33)30-20-10-9-16(13-23(20)34-2)19-15-35-25-18(7-5-11-32)14-29-26(28)24(19)25/h3-4,6,8-10,12-15,32H,11H2,1-2H3,(H2,28,29)(H,30,33). The van der Waals surface area contributed by atoms with Gasteiger partial charge < -0.3 is 25.5 Å². The Morgan fingerprint density at radius 3 is 2.86 bits per heavy atom. The fourth-order valence-electron chi connectivity index (χ4n) is 4.16. The molecule has 4 N–H and O–H groups in total. The molecule has 0 saturated heterocycles. The molecule has 8 heteroatoms. The van der Waals surface area contributed by atoms with Crippen LogP contribution in [0.25, 0.3) is 32.1 Å². The summed E-state index contributed by atoms with van der Waals surface area (Å²) >= 11 is 1.51. The zero-order valence-electron chi connectivity index (χ0n) is 19.1. The van der Waals surface area contributed by atoms with Crippen molar-refractivity contribution in [3.63, 3.8) is 0 Å². The highest BCUT2D eigenvalue weighted by molar-refractivity contribution is 7.18. The maximum atomic E-state index is 13.1. The van der Waals surface area contributed by atoms with Gasteiger partial charge in [0.2, 0.25) is 0 Å². The number of carbonyl (C=O) groups is 1. The molecule has 0 atom stereocenters.